The van der Waals surface area contributed by atoms with Crippen LogP contribution in [0.4, 0.5) is 40.9 Å². The number of aromatic nitrogens is 2. The van der Waals surface area contributed by atoms with Crippen LogP contribution < -0.4 is 4.90 Å². The Balaban J connectivity index is 0.000000333. The van der Waals surface area contributed by atoms with E-state index in [1.165, 1.54) is 0 Å². The van der Waals surface area contributed by atoms with E-state index in [0.717, 1.165) is 17.2 Å². The second-order valence-electron chi connectivity index (χ2n) is 9.18. The van der Waals surface area contributed by atoms with Gasteiger partial charge in [0.1, 0.15) is 5.82 Å². The predicted molar refractivity (Wildman–Crippen MR) is 125 cm³/mol. The number of likely N-dealkylation sites (tertiary alicyclic amines) is 1. The van der Waals surface area contributed by atoms with Crippen LogP contribution in [0.25, 0.3) is 0 Å². The molecule has 2 aromatic heterocycles. The van der Waals surface area contributed by atoms with Crippen molar-refractivity contribution >= 4 is 17.8 Å². The Kier molecular flexibility index (Phi) is 10.4. The van der Waals surface area contributed by atoms with Gasteiger partial charge in [0.15, 0.2) is 0 Å². The van der Waals surface area contributed by atoms with Crippen molar-refractivity contribution in [3.8, 4) is 0 Å². The van der Waals surface area contributed by atoms with E-state index in [9.17, 15) is 35.1 Å². The summed E-state index contributed by atoms with van der Waals surface area (Å²) in [6, 6.07) is 11.6. The number of piperidine rings is 1. The first-order valence-corrected chi connectivity index (χ1v) is 11.7. The number of carbonyl (C=O) groups is 2. The molecule has 2 aromatic rings. The molecule has 1 atom stereocenters. The molecule has 0 radical (unpaired) electrons. The fourth-order valence-corrected chi connectivity index (χ4v) is 4.27. The molecular formula is C24H26F8N4O4. The topological polar surface area (TPSA) is 107 Å². The molecule has 0 aliphatic carbocycles. The first-order chi connectivity index (χ1) is 18.4. The number of aliphatic carboxylic acids is 2. The van der Waals surface area contributed by atoms with Gasteiger partial charge in [-0.2, -0.15) is 26.3 Å². The second kappa shape index (κ2) is 12.7. The highest BCUT2D eigenvalue weighted by atomic mass is 19.4. The molecule has 1 spiro atoms. The highest BCUT2D eigenvalue weighted by Gasteiger charge is 2.59. The number of anilines is 1. The SMILES string of the molecule is Cc1cccc(CN2CCC(F)(F)C3(CCN(c4ccccn4)C3)C2)n1.O=C(O)C(F)(F)F.O=C(O)C(F)(F)F. The van der Waals surface area contributed by atoms with Crippen molar-refractivity contribution < 1.29 is 54.9 Å². The lowest BCUT2D eigenvalue weighted by Crippen LogP contribution is -2.56. The molecule has 0 saturated carbocycles. The average molecular weight is 586 g/mol. The number of carboxylic acids is 2. The Bertz CT molecular complexity index is 1120. The number of nitrogens with zero attached hydrogens (tertiary/aromatic N) is 4. The number of hydrogen-bond donors (Lipinski definition) is 2. The van der Waals surface area contributed by atoms with E-state index in [0.29, 0.717) is 39.1 Å². The summed E-state index contributed by atoms with van der Waals surface area (Å²) in [5.41, 5.74) is 0.902. The molecule has 2 aliphatic rings. The third kappa shape index (κ3) is 8.99. The second-order valence-corrected chi connectivity index (χ2v) is 9.18. The Morgan fingerprint density at radius 3 is 2.00 bits per heavy atom. The molecular weight excluding hydrogens is 560 g/mol. The van der Waals surface area contributed by atoms with Crippen LogP contribution in [0.2, 0.25) is 0 Å². The van der Waals surface area contributed by atoms with Gasteiger partial charge in [0, 0.05) is 51.0 Å². The molecule has 2 aliphatic heterocycles. The molecule has 0 bridgehead atoms. The van der Waals surface area contributed by atoms with Gasteiger partial charge in [-0.25, -0.2) is 23.4 Å². The molecule has 8 nitrogen and oxygen atoms in total. The maximum absolute atomic E-state index is 14.9. The van der Waals surface area contributed by atoms with Crippen LogP contribution in [0.3, 0.4) is 0 Å². The molecule has 0 amide bonds. The normalized spacial score (nSPS) is 20.7. The fraction of sp³-hybridized carbons (Fsp3) is 0.500. The van der Waals surface area contributed by atoms with Crippen molar-refractivity contribution in [2.75, 3.05) is 31.1 Å². The van der Waals surface area contributed by atoms with Crippen molar-refractivity contribution in [2.45, 2.75) is 44.6 Å². The van der Waals surface area contributed by atoms with E-state index >= 15 is 0 Å². The molecule has 16 heteroatoms. The number of aryl methyl sites for hydroxylation is 1. The third-order valence-corrected chi connectivity index (χ3v) is 6.19. The number of hydrogen-bond acceptors (Lipinski definition) is 6. The van der Waals surface area contributed by atoms with Crippen LogP contribution in [0.15, 0.2) is 42.6 Å². The maximum Gasteiger partial charge on any atom is 0.490 e. The number of carboxylic acid groups (broad SMARTS) is 2. The van der Waals surface area contributed by atoms with Crippen LogP contribution in [0, 0.1) is 12.3 Å². The van der Waals surface area contributed by atoms with Crippen LogP contribution >= 0.6 is 0 Å². The Hall–Kier alpha value is -3.56. The molecule has 2 N–H and O–H groups in total. The van der Waals surface area contributed by atoms with Crippen molar-refractivity contribution in [3.63, 3.8) is 0 Å². The van der Waals surface area contributed by atoms with Gasteiger partial charge in [-0.1, -0.05) is 12.1 Å². The summed E-state index contributed by atoms with van der Waals surface area (Å²) in [6.07, 6.45) is -8.04. The molecule has 4 heterocycles. The van der Waals surface area contributed by atoms with Crippen molar-refractivity contribution in [3.05, 3.63) is 54.0 Å². The van der Waals surface area contributed by atoms with Gasteiger partial charge in [-0.3, -0.25) is 9.88 Å². The highest BCUT2D eigenvalue weighted by molar-refractivity contribution is 5.73. The zero-order chi connectivity index (χ0) is 30.4. The van der Waals surface area contributed by atoms with E-state index in [1.807, 2.05) is 48.2 Å². The number of alkyl halides is 8. The summed E-state index contributed by atoms with van der Waals surface area (Å²) in [5, 5.41) is 14.2. The molecule has 222 valence electrons. The molecule has 2 saturated heterocycles. The Morgan fingerprint density at radius 2 is 1.50 bits per heavy atom. The third-order valence-electron chi connectivity index (χ3n) is 6.19. The summed E-state index contributed by atoms with van der Waals surface area (Å²) in [7, 11) is 0. The van der Waals surface area contributed by atoms with Crippen LogP contribution in [-0.2, 0) is 16.1 Å². The molecule has 2 fully saturated rings. The van der Waals surface area contributed by atoms with Crippen LogP contribution in [-0.4, -0.2) is 81.5 Å². The van der Waals surface area contributed by atoms with Gasteiger partial charge in [-0.15, -0.1) is 0 Å². The Labute approximate surface area is 223 Å². The van der Waals surface area contributed by atoms with Gasteiger partial charge < -0.3 is 15.1 Å². The van der Waals surface area contributed by atoms with Gasteiger partial charge >= 0.3 is 24.3 Å². The minimum atomic E-state index is -5.08. The van der Waals surface area contributed by atoms with Gasteiger partial charge in [-0.05, 0) is 37.6 Å². The minimum Gasteiger partial charge on any atom is -0.475 e. The summed E-state index contributed by atoms with van der Waals surface area (Å²) >= 11 is 0. The summed E-state index contributed by atoms with van der Waals surface area (Å²) in [5.74, 6) is -7.37. The largest absolute Gasteiger partial charge is 0.490 e. The fourth-order valence-electron chi connectivity index (χ4n) is 4.27. The molecule has 40 heavy (non-hydrogen) atoms. The van der Waals surface area contributed by atoms with Crippen molar-refractivity contribution in [1.82, 2.24) is 14.9 Å². The smallest absolute Gasteiger partial charge is 0.475 e. The van der Waals surface area contributed by atoms with Gasteiger partial charge in [0.25, 0.3) is 5.92 Å². The van der Waals surface area contributed by atoms with Gasteiger partial charge in [0.05, 0.1) is 11.1 Å². The zero-order valence-electron chi connectivity index (χ0n) is 21.0. The van der Waals surface area contributed by atoms with E-state index in [1.54, 1.807) is 6.20 Å². The monoisotopic (exact) mass is 586 g/mol. The predicted octanol–water partition coefficient (Wildman–Crippen LogP) is 4.79. The van der Waals surface area contributed by atoms with Crippen molar-refractivity contribution in [1.29, 1.82) is 0 Å². The lowest BCUT2D eigenvalue weighted by Gasteiger charge is -2.45. The molecule has 1 unspecified atom stereocenters. The number of rotatable bonds is 3. The molecule has 4 rings (SSSR count). The highest BCUT2D eigenvalue weighted by Crippen LogP contribution is 2.50. The zero-order valence-corrected chi connectivity index (χ0v) is 21.0. The maximum atomic E-state index is 14.9. The van der Waals surface area contributed by atoms with Gasteiger partial charge in [0.2, 0.25) is 0 Å². The minimum absolute atomic E-state index is 0.0884. The van der Waals surface area contributed by atoms with Crippen molar-refractivity contribution in [2.24, 2.45) is 5.41 Å². The molecule has 0 aromatic carbocycles. The number of halogens is 8. The van der Waals surface area contributed by atoms with E-state index in [2.05, 4.69) is 14.9 Å². The standard InChI is InChI=1S/C20H24F2N4.2C2HF3O2/c1-16-5-4-6-17(24-16)13-25-11-9-20(21,22)19(14-25)8-12-26(15-19)18-7-2-3-10-23-18;2*3-2(4,5)1(6)7/h2-7,10H,8-9,11-15H2,1H3;2*(H,6,7). The quantitative estimate of drug-likeness (QED) is 0.495. The first-order valence-electron chi connectivity index (χ1n) is 11.7. The summed E-state index contributed by atoms with van der Waals surface area (Å²) in [4.78, 5) is 30.8. The average Bonchev–Trinajstić information content (AvgIpc) is 3.28. The van der Waals surface area contributed by atoms with Crippen LogP contribution in [0.5, 0.6) is 0 Å². The summed E-state index contributed by atoms with van der Waals surface area (Å²) < 4.78 is 93.4. The van der Waals surface area contributed by atoms with E-state index < -0.39 is 35.6 Å². The van der Waals surface area contributed by atoms with Crippen LogP contribution in [0.1, 0.15) is 24.2 Å². The Morgan fingerprint density at radius 1 is 0.900 bits per heavy atom. The first kappa shape index (κ1) is 32.7. The number of pyridine rings is 2. The van der Waals surface area contributed by atoms with E-state index in [-0.39, 0.29) is 6.42 Å². The summed E-state index contributed by atoms with van der Waals surface area (Å²) in [6.45, 7) is 4.38. The lowest BCUT2D eigenvalue weighted by molar-refractivity contribution is -0.193. The van der Waals surface area contributed by atoms with E-state index in [4.69, 9.17) is 19.8 Å². The lowest BCUT2D eigenvalue weighted by atomic mass is 9.75.